The molecule has 0 saturated carbocycles. The highest BCUT2D eigenvalue weighted by Crippen LogP contribution is 2.40. The number of carboxylic acids is 2. The Morgan fingerprint density at radius 3 is 1.98 bits per heavy atom. The number of nitrogens with one attached hydrogen (secondary N) is 2. The Bertz CT molecular complexity index is 1780. The average Bonchev–Trinajstić information content (AvgIpc) is 3.59. The summed E-state index contributed by atoms with van der Waals surface area (Å²) in [6, 6.07) is 8.33. The van der Waals surface area contributed by atoms with Crippen LogP contribution in [0.5, 0.6) is 0 Å². The zero-order chi connectivity index (χ0) is 30.3. The average molecular weight is 569 g/mol. The van der Waals surface area contributed by atoms with Crippen LogP contribution in [0.25, 0.3) is 33.2 Å². The molecule has 0 saturated heterocycles. The van der Waals surface area contributed by atoms with E-state index < -0.39 is 11.9 Å². The summed E-state index contributed by atoms with van der Waals surface area (Å²) in [6.45, 7) is 12.7. The second-order valence-electron chi connectivity index (χ2n) is 11.6. The molecule has 8 nitrogen and oxygen atoms in total. The van der Waals surface area contributed by atoms with Gasteiger partial charge in [0.05, 0.1) is 11.4 Å². The molecule has 0 spiro atoms. The number of carbonyl (C=O) groups is 2. The third-order valence-corrected chi connectivity index (χ3v) is 9.12. The lowest BCUT2D eigenvalue weighted by atomic mass is 9.89. The topological polar surface area (TPSA) is 132 Å². The molecular weight excluding hydrogens is 528 g/mol. The smallest absolute Gasteiger partial charge is 0.303 e. The van der Waals surface area contributed by atoms with Crippen LogP contribution in [0.4, 0.5) is 0 Å². The van der Waals surface area contributed by atoms with E-state index in [1.165, 1.54) is 11.1 Å². The SMILES string of the molecule is CCc1c(C)c2cc3nc(cc4[nH]c(cc5nc(cc1[nH]2)C(C)C5CC)c(C)c4CCC(=O)O)C(CCC(=O)O)=C3C. The maximum Gasteiger partial charge on any atom is 0.303 e. The number of H-pyrrole nitrogens is 2. The molecule has 8 bridgehead atoms. The molecule has 8 heteroatoms. The lowest BCUT2D eigenvalue weighted by Gasteiger charge is -2.12. The number of nitrogens with zero attached hydrogens (tertiary/aromatic N) is 2. The van der Waals surface area contributed by atoms with Crippen LogP contribution in [-0.2, 0) is 22.4 Å². The Hall–Kier alpha value is -4.20. The van der Waals surface area contributed by atoms with Crippen LogP contribution in [0.15, 0.2) is 24.3 Å². The van der Waals surface area contributed by atoms with Crippen molar-refractivity contribution in [1.29, 1.82) is 0 Å². The van der Waals surface area contributed by atoms with E-state index in [-0.39, 0.29) is 24.7 Å². The summed E-state index contributed by atoms with van der Waals surface area (Å²) in [7, 11) is 0. The van der Waals surface area contributed by atoms with Gasteiger partial charge in [-0.1, -0.05) is 20.8 Å². The summed E-state index contributed by atoms with van der Waals surface area (Å²) < 4.78 is 0. The second kappa shape index (κ2) is 11.6. The molecule has 0 radical (unpaired) electrons. The van der Waals surface area contributed by atoms with Gasteiger partial charge in [0.15, 0.2) is 0 Å². The number of aryl methyl sites for hydroxylation is 4. The van der Waals surface area contributed by atoms with Crippen molar-refractivity contribution in [3.05, 3.63) is 69.3 Å². The van der Waals surface area contributed by atoms with Gasteiger partial charge in [0, 0.05) is 58.1 Å². The zero-order valence-corrected chi connectivity index (χ0v) is 25.3. The summed E-state index contributed by atoms with van der Waals surface area (Å²) in [5.74, 6) is -1.20. The third kappa shape index (κ3) is 5.38. The second-order valence-corrected chi connectivity index (χ2v) is 11.6. The standard InChI is InChI=1S/C34H40N4O4/c1-7-21-17(3)25-13-26-19(5)23(9-11-33(39)40)31(37-26)16-32-24(10-12-34(41)42)20(6)28(38-32)15-30-22(8-2)18(4)27(36-30)14-29(21)35-25/h13-16,18,22,35,38H,7-12H2,1-6H3,(H,39,40)(H,41,42). The molecule has 5 rings (SSSR count). The molecule has 0 fully saturated rings. The molecule has 3 aromatic heterocycles. The fraction of sp³-hybridized carbons (Fsp3) is 0.412. The van der Waals surface area contributed by atoms with Gasteiger partial charge in [-0.05, 0) is 104 Å². The summed E-state index contributed by atoms with van der Waals surface area (Å²) in [4.78, 5) is 40.5. The molecule has 4 N–H and O–H groups in total. The van der Waals surface area contributed by atoms with Crippen molar-refractivity contribution in [2.75, 3.05) is 0 Å². The number of fused-ring (bicyclic) bond motifs is 8. The van der Waals surface area contributed by atoms with Crippen molar-refractivity contribution in [1.82, 2.24) is 19.9 Å². The molecular formula is C34H40N4O4. The Morgan fingerprint density at radius 2 is 1.33 bits per heavy atom. The van der Waals surface area contributed by atoms with Crippen molar-refractivity contribution in [2.24, 2.45) is 0 Å². The first-order valence-electron chi connectivity index (χ1n) is 14.9. The molecule has 5 heterocycles. The first-order chi connectivity index (χ1) is 20.0. The van der Waals surface area contributed by atoms with Crippen molar-refractivity contribution in [3.8, 4) is 0 Å². The molecule has 2 aliphatic rings. The van der Waals surface area contributed by atoms with Crippen molar-refractivity contribution < 1.29 is 19.8 Å². The molecule has 0 amide bonds. The number of rotatable bonds is 8. The largest absolute Gasteiger partial charge is 0.481 e. The summed E-state index contributed by atoms with van der Waals surface area (Å²) in [6.07, 6.45) is 2.56. The molecule has 2 aliphatic heterocycles. The fourth-order valence-electron chi connectivity index (χ4n) is 6.57. The van der Waals surface area contributed by atoms with Crippen molar-refractivity contribution in [2.45, 2.75) is 91.9 Å². The molecule has 3 aromatic rings. The number of aromatic amines is 2. The van der Waals surface area contributed by atoms with E-state index in [2.05, 4.69) is 55.9 Å². The van der Waals surface area contributed by atoms with E-state index in [4.69, 9.17) is 9.97 Å². The number of aliphatic carboxylic acids is 2. The molecule has 42 heavy (non-hydrogen) atoms. The first-order valence-corrected chi connectivity index (χ1v) is 14.9. The maximum absolute atomic E-state index is 11.5. The van der Waals surface area contributed by atoms with Gasteiger partial charge in [-0.15, -0.1) is 0 Å². The Labute approximate surface area is 246 Å². The molecule has 0 aromatic carbocycles. The molecule has 220 valence electrons. The van der Waals surface area contributed by atoms with E-state index in [0.717, 1.165) is 74.3 Å². The van der Waals surface area contributed by atoms with Gasteiger partial charge < -0.3 is 20.2 Å². The van der Waals surface area contributed by atoms with Crippen LogP contribution in [0.3, 0.4) is 0 Å². The summed E-state index contributed by atoms with van der Waals surface area (Å²) >= 11 is 0. The van der Waals surface area contributed by atoms with E-state index in [0.29, 0.717) is 18.5 Å². The Morgan fingerprint density at radius 1 is 0.762 bits per heavy atom. The van der Waals surface area contributed by atoms with E-state index in [9.17, 15) is 19.8 Å². The highest BCUT2D eigenvalue weighted by molar-refractivity contribution is 5.94. The van der Waals surface area contributed by atoms with Crippen LogP contribution < -0.4 is 0 Å². The van der Waals surface area contributed by atoms with Crippen LogP contribution in [-0.4, -0.2) is 42.1 Å². The minimum atomic E-state index is -0.860. The first kappa shape index (κ1) is 29.3. The quantitative estimate of drug-likeness (QED) is 0.221. The van der Waals surface area contributed by atoms with E-state index in [1.54, 1.807) is 0 Å². The minimum Gasteiger partial charge on any atom is -0.481 e. The van der Waals surface area contributed by atoms with Crippen LogP contribution >= 0.6 is 0 Å². The highest BCUT2D eigenvalue weighted by atomic mass is 16.4. The maximum atomic E-state index is 11.5. The van der Waals surface area contributed by atoms with Gasteiger partial charge in [-0.3, -0.25) is 14.6 Å². The molecule has 2 unspecified atom stereocenters. The fourth-order valence-corrected chi connectivity index (χ4v) is 6.57. The number of aromatic nitrogens is 4. The van der Waals surface area contributed by atoms with Crippen molar-refractivity contribution in [3.63, 3.8) is 0 Å². The van der Waals surface area contributed by atoms with Gasteiger partial charge in [0.1, 0.15) is 0 Å². The summed E-state index contributed by atoms with van der Waals surface area (Å²) in [5.41, 5.74) is 13.5. The predicted octanol–water partition coefficient (Wildman–Crippen LogP) is 7.60. The van der Waals surface area contributed by atoms with Gasteiger partial charge in [0.2, 0.25) is 0 Å². The van der Waals surface area contributed by atoms with Gasteiger partial charge in [-0.25, -0.2) is 4.98 Å². The number of carboxylic acid groups (broad SMARTS) is 2. The van der Waals surface area contributed by atoms with Crippen molar-refractivity contribution >= 4 is 45.2 Å². The van der Waals surface area contributed by atoms with Gasteiger partial charge in [0.25, 0.3) is 0 Å². The predicted molar refractivity (Wildman–Crippen MR) is 167 cm³/mol. The van der Waals surface area contributed by atoms with Crippen LogP contribution in [0.2, 0.25) is 0 Å². The minimum absolute atomic E-state index is 0.00286. The van der Waals surface area contributed by atoms with Crippen LogP contribution in [0, 0.1) is 13.8 Å². The number of allylic oxidation sites excluding steroid dienone is 2. The monoisotopic (exact) mass is 568 g/mol. The lowest BCUT2D eigenvalue weighted by Crippen LogP contribution is -2.00. The number of hydrogen-bond donors (Lipinski definition) is 4. The third-order valence-electron chi connectivity index (χ3n) is 9.12. The number of hydrogen-bond acceptors (Lipinski definition) is 4. The zero-order valence-electron chi connectivity index (χ0n) is 25.3. The normalized spacial score (nSPS) is 16.7. The summed E-state index contributed by atoms with van der Waals surface area (Å²) in [5, 5.41) is 18.9. The molecule has 2 atom stereocenters. The van der Waals surface area contributed by atoms with E-state index in [1.807, 2.05) is 19.9 Å². The Kier molecular flexibility index (Phi) is 8.08. The Balaban J connectivity index is 1.91. The van der Waals surface area contributed by atoms with E-state index >= 15 is 0 Å². The van der Waals surface area contributed by atoms with Crippen LogP contribution in [0.1, 0.15) is 110 Å². The van der Waals surface area contributed by atoms with Gasteiger partial charge >= 0.3 is 11.9 Å². The van der Waals surface area contributed by atoms with Gasteiger partial charge in [-0.2, -0.15) is 0 Å². The highest BCUT2D eigenvalue weighted by Gasteiger charge is 2.28. The lowest BCUT2D eigenvalue weighted by molar-refractivity contribution is -0.137. The molecule has 0 aliphatic carbocycles.